The van der Waals surface area contributed by atoms with Gasteiger partial charge < -0.3 is 29.7 Å². The van der Waals surface area contributed by atoms with E-state index in [0.29, 0.717) is 51.6 Å². The Labute approximate surface area is 222 Å². The highest BCUT2D eigenvalue weighted by Gasteiger charge is 2.28. The third kappa shape index (κ3) is 5.69. The van der Waals surface area contributed by atoms with Gasteiger partial charge in [0.15, 0.2) is 11.5 Å². The molecule has 1 aromatic heterocycles. The van der Waals surface area contributed by atoms with Gasteiger partial charge in [0.2, 0.25) is 0 Å². The van der Waals surface area contributed by atoms with Gasteiger partial charge in [0, 0.05) is 62.1 Å². The maximum absolute atomic E-state index is 9.88. The molecule has 2 N–H and O–H groups in total. The molecule has 0 bridgehead atoms. The topological polar surface area (TPSA) is 91.7 Å². The molecular weight excluding hydrogens is 490 g/mol. The number of nitrogens with zero attached hydrogens (tertiary/aromatic N) is 3. The quantitative estimate of drug-likeness (QED) is 0.357. The van der Waals surface area contributed by atoms with Gasteiger partial charge in [0.25, 0.3) is 0 Å². The van der Waals surface area contributed by atoms with Crippen molar-refractivity contribution in [3.8, 4) is 23.3 Å². The lowest BCUT2D eigenvalue weighted by molar-refractivity contribution is 0.211. The number of fused-ring (bicyclic) bond motifs is 1. The number of anilines is 2. The fourth-order valence-electron chi connectivity index (χ4n) is 4.80. The van der Waals surface area contributed by atoms with Crippen molar-refractivity contribution in [2.75, 3.05) is 58.9 Å². The van der Waals surface area contributed by atoms with E-state index in [4.69, 9.17) is 25.8 Å². The normalized spacial score (nSPS) is 15.8. The molecule has 0 atom stereocenters. The van der Waals surface area contributed by atoms with Crippen LogP contribution < -0.4 is 24.8 Å². The Morgan fingerprint density at radius 2 is 1.89 bits per heavy atom. The van der Waals surface area contributed by atoms with Gasteiger partial charge >= 0.3 is 0 Å². The molecule has 3 aromatic rings. The number of benzene rings is 2. The Balaban J connectivity index is 1.43. The molecular formula is C28H32ClN5O3. The smallest absolute Gasteiger partial charge is 0.163 e. The van der Waals surface area contributed by atoms with Gasteiger partial charge in [-0.2, -0.15) is 5.26 Å². The number of hydrogen-bond donors (Lipinski definition) is 2. The van der Waals surface area contributed by atoms with E-state index in [0.717, 1.165) is 68.6 Å². The first kappa shape index (κ1) is 25.4. The average Bonchev–Trinajstić information content (AvgIpc) is 3.77. The summed E-state index contributed by atoms with van der Waals surface area (Å²) in [6.07, 6.45) is 4.75. The number of piperazine rings is 1. The highest BCUT2D eigenvalue weighted by atomic mass is 35.5. The second kappa shape index (κ2) is 11.4. The SMILES string of the molecule is COc1cc(Nc2c(C#N)cnc3cc(OCCCN4CCNCC4)c(OC)cc23)c(C2CC2)cc1Cl. The zero-order valence-electron chi connectivity index (χ0n) is 21.3. The molecule has 1 saturated heterocycles. The Hall–Kier alpha value is -3.25. The summed E-state index contributed by atoms with van der Waals surface area (Å²) in [6, 6.07) is 9.91. The van der Waals surface area contributed by atoms with Gasteiger partial charge in [-0.3, -0.25) is 4.98 Å². The molecule has 9 heteroatoms. The number of aromatic nitrogens is 1. The summed E-state index contributed by atoms with van der Waals surface area (Å²) >= 11 is 6.43. The minimum Gasteiger partial charge on any atom is -0.495 e. The number of ether oxygens (including phenoxy) is 3. The summed E-state index contributed by atoms with van der Waals surface area (Å²) in [4.78, 5) is 7.00. The second-order valence-electron chi connectivity index (χ2n) is 9.45. The molecule has 2 fully saturated rings. The van der Waals surface area contributed by atoms with Crippen LogP contribution in [0.25, 0.3) is 10.9 Å². The molecule has 8 nitrogen and oxygen atoms in total. The van der Waals surface area contributed by atoms with Crippen LogP contribution in [0.5, 0.6) is 17.2 Å². The lowest BCUT2D eigenvalue weighted by Crippen LogP contribution is -2.43. The standard InChI is InChI=1S/C28H32ClN5O3/c1-35-25-15-24(20(12-22(25)29)18-4-5-18)33-28-19(16-30)17-32-23-14-27(26(36-2)13-21(23)28)37-11-3-8-34-9-6-31-7-10-34/h12-15,17-18,31H,3-11H2,1-2H3,(H,32,33). The molecule has 1 aliphatic heterocycles. The number of methoxy groups -OCH3 is 2. The zero-order valence-corrected chi connectivity index (χ0v) is 22.0. The first-order chi connectivity index (χ1) is 18.1. The summed E-state index contributed by atoms with van der Waals surface area (Å²) < 4.78 is 17.3. The van der Waals surface area contributed by atoms with E-state index in [1.165, 1.54) is 0 Å². The minimum atomic E-state index is 0.440. The number of nitriles is 1. The Morgan fingerprint density at radius 1 is 1.11 bits per heavy atom. The van der Waals surface area contributed by atoms with E-state index in [1.54, 1.807) is 20.4 Å². The number of pyridine rings is 1. The first-order valence-corrected chi connectivity index (χ1v) is 13.1. The fourth-order valence-corrected chi connectivity index (χ4v) is 5.05. The van der Waals surface area contributed by atoms with Crippen LogP contribution >= 0.6 is 11.6 Å². The van der Waals surface area contributed by atoms with E-state index < -0.39 is 0 Å². The Kier molecular flexibility index (Phi) is 7.85. The van der Waals surface area contributed by atoms with E-state index in [1.807, 2.05) is 24.3 Å². The lowest BCUT2D eigenvalue weighted by atomic mass is 10.0. The highest BCUT2D eigenvalue weighted by molar-refractivity contribution is 6.32. The van der Waals surface area contributed by atoms with Gasteiger partial charge in [-0.25, -0.2) is 0 Å². The third-order valence-electron chi connectivity index (χ3n) is 6.96. The zero-order chi connectivity index (χ0) is 25.8. The highest BCUT2D eigenvalue weighted by Crippen LogP contribution is 2.48. The van der Waals surface area contributed by atoms with Crippen LogP contribution in [-0.2, 0) is 0 Å². The van der Waals surface area contributed by atoms with Gasteiger partial charge in [0.05, 0.1) is 42.6 Å². The van der Waals surface area contributed by atoms with Crippen LogP contribution in [0.15, 0.2) is 30.5 Å². The first-order valence-electron chi connectivity index (χ1n) is 12.7. The summed E-state index contributed by atoms with van der Waals surface area (Å²) in [5.41, 5.74) is 3.82. The summed E-state index contributed by atoms with van der Waals surface area (Å²) in [7, 11) is 3.22. The van der Waals surface area contributed by atoms with Gasteiger partial charge in [-0.15, -0.1) is 0 Å². The molecule has 2 aliphatic rings. The molecule has 1 saturated carbocycles. The molecule has 0 unspecified atom stereocenters. The van der Waals surface area contributed by atoms with Crippen molar-refractivity contribution in [1.29, 1.82) is 5.26 Å². The van der Waals surface area contributed by atoms with Crippen molar-refractivity contribution >= 4 is 33.9 Å². The molecule has 5 rings (SSSR count). The van der Waals surface area contributed by atoms with Crippen LogP contribution in [0, 0.1) is 11.3 Å². The monoisotopic (exact) mass is 521 g/mol. The van der Waals surface area contributed by atoms with Crippen molar-refractivity contribution in [1.82, 2.24) is 15.2 Å². The predicted molar refractivity (Wildman–Crippen MR) is 146 cm³/mol. The Bertz CT molecular complexity index is 1320. The number of hydrogen-bond acceptors (Lipinski definition) is 8. The van der Waals surface area contributed by atoms with Crippen molar-refractivity contribution in [3.05, 3.63) is 46.6 Å². The van der Waals surface area contributed by atoms with Crippen molar-refractivity contribution in [3.63, 3.8) is 0 Å². The van der Waals surface area contributed by atoms with Crippen LogP contribution in [0.3, 0.4) is 0 Å². The number of halogens is 1. The van der Waals surface area contributed by atoms with Crippen molar-refractivity contribution < 1.29 is 14.2 Å². The third-order valence-corrected chi connectivity index (χ3v) is 7.26. The fraction of sp³-hybridized carbons (Fsp3) is 0.429. The van der Waals surface area contributed by atoms with Gasteiger partial charge in [-0.1, -0.05) is 11.6 Å². The van der Waals surface area contributed by atoms with E-state index >= 15 is 0 Å². The second-order valence-corrected chi connectivity index (χ2v) is 9.85. The van der Waals surface area contributed by atoms with Crippen LogP contribution in [0.1, 0.15) is 36.3 Å². The predicted octanol–water partition coefficient (Wildman–Crippen LogP) is 5.07. The maximum Gasteiger partial charge on any atom is 0.163 e. The minimum absolute atomic E-state index is 0.440. The average molecular weight is 522 g/mol. The molecule has 0 radical (unpaired) electrons. The summed E-state index contributed by atoms with van der Waals surface area (Å²) in [5, 5.41) is 18.1. The number of rotatable bonds is 10. The summed E-state index contributed by atoms with van der Waals surface area (Å²) in [5.74, 6) is 2.27. The van der Waals surface area contributed by atoms with Crippen molar-refractivity contribution in [2.24, 2.45) is 0 Å². The Morgan fingerprint density at radius 3 is 2.59 bits per heavy atom. The number of nitrogens with one attached hydrogen (secondary N) is 2. The summed E-state index contributed by atoms with van der Waals surface area (Å²) in [6.45, 7) is 5.81. The lowest BCUT2D eigenvalue weighted by Gasteiger charge is -2.27. The van der Waals surface area contributed by atoms with Gasteiger partial charge in [-0.05, 0) is 42.9 Å². The van der Waals surface area contributed by atoms with Crippen LogP contribution in [0.4, 0.5) is 11.4 Å². The van der Waals surface area contributed by atoms with E-state index in [2.05, 4.69) is 26.6 Å². The molecule has 0 amide bonds. The van der Waals surface area contributed by atoms with Crippen molar-refractivity contribution in [2.45, 2.75) is 25.2 Å². The van der Waals surface area contributed by atoms with E-state index in [9.17, 15) is 5.26 Å². The molecule has 194 valence electrons. The van der Waals surface area contributed by atoms with E-state index in [-0.39, 0.29) is 0 Å². The molecule has 2 aromatic carbocycles. The molecule has 37 heavy (non-hydrogen) atoms. The molecule has 0 spiro atoms. The van der Waals surface area contributed by atoms with Crippen LogP contribution in [-0.4, -0.2) is 63.4 Å². The molecule has 1 aliphatic carbocycles. The molecule has 2 heterocycles. The maximum atomic E-state index is 9.88. The van der Waals surface area contributed by atoms with Gasteiger partial charge in [0.1, 0.15) is 11.8 Å². The largest absolute Gasteiger partial charge is 0.495 e. The van der Waals surface area contributed by atoms with Crippen LogP contribution in [0.2, 0.25) is 5.02 Å².